The highest BCUT2D eigenvalue weighted by Gasteiger charge is 2.38. The molecule has 0 fully saturated rings. The van der Waals surface area contributed by atoms with Crippen LogP contribution in [0, 0.1) is 5.82 Å². The molecule has 7 nitrogen and oxygen atoms in total. The van der Waals surface area contributed by atoms with Gasteiger partial charge in [0.25, 0.3) is 5.91 Å². The zero-order chi connectivity index (χ0) is 19.2. The normalized spacial score (nSPS) is 17.2. The van der Waals surface area contributed by atoms with Crippen molar-refractivity contribution in [2.24, 2.45) is 0 Å². The fraction of sp³-hybridized carbons (Fsp3) is 0.412. The Bertz CT molecular complexity index is 891. The molecule has 9 heteroatoms. The van der Waals surface area contributed by atoms with Crippen molar-refractivity contribution >= 4 is 23.6 Å². The van der Waals surface area contributed by atoms with Gasteiger partial charge in [0.15, 0.2) is 11.6 Å². The molecule has 0 saturated carbocycles. The lowest BCUT2D eigenvalue weighted by Crippen LogP contribution is -2.49. The van der Waals surface area contributed by atoms with E-state index in [0.29, 0.717) is 17.5 Å². The summed E-state index contributed by atoms with van der Waals surface area (Å²) < 4.78 is 20.7. The van der Waals surface area contributed by atoms with Gasteiger partial charge in [0.1, 0.15) is 5.60 Å². The number of fused-ring (bicyclic) bond motifs is 1. The number of hydrogen-bond acceptors (Lipinski definition) is 5. The Kier molecular flexibility index (Phi) is 4.47. The largest absolute Gasteiger partial charge is 0.443 e. The van der Waals surface area contributed by atoms with Gasteiger partial charge >= 0.3 is 6.09 Å². The third-order valence-corrected chi connectivity index (χ3v) is 4.03. The molecule has 2 amide bonds. The molecule has 138 valence electrons. The van der Waals surface area contributed by atoms with Crippen LogP contribution < -0.4 is 0 Å². The van der Waals surface area contributed by atoms with Gasteiger partial charge in [-0.2, -0.15) is 4.98 Å². The van der Waals surface area contributed by atoms with E-state index < -0.39 is 23.4 Å². The number of imide groups is 1. The maximum Gasteiger partial charge on any atom is 0.417 e. The summed E-state index contributed by atoms with van der Waals surface area (Å²) in [7, 11) is 0. The third-order valence-electron chi connectivity index (χ3n) is 3.85. The average Bonchev–Trinajstić information content (AvgIpc) is 2.91. The van der Waals surface area contributed by atoms with Crippen LogP contribution in [0.1, 0.15) is 43.6 Å². The van der Waals surface area contributed by atoms with Gasteiger partial charge in [-0.1, -0.05) is 0 Å². The maximum absolute atomic E-state index is 14.0. The topological polar surface area (TPSA) is 77.3 Å². The van der Waals surface area contributed by atoms with Crippen LogP contribution in [0.2, 0.25) is 5.28 Å². The molecule has 3 heterocycles. The second-order valence-electron chi connectivity index (χ2n) is 7.12. The number of nitrogens with zero attached hydrogens (tertiary/aromatic N) is 4. The quantitative estimate of drug-likeness (QED) is 0.709. The zero-order valence-corrected chi connectivity index (χ0v) is 15.5. The molecule has 0 aromatic carbocycles. The van der Waals surface area contributed by atoms with Crippen LogP contribution in [0.15, 0.2) is 18.6 Å². The first-order valence-electron chi connectivity index (χ1n) is 8.02. The van der Waals surface area contributed by atoms with Gasteiger partial charge in [-0.3, -0.25) is 4.79 Å². The summed E-state index contributed by atoms with van der Waals surface area (Å²) in [5, 5.41) is -0.108. The summed E-state index contributed by atoms with van der Waals surface area (Å²) in [4.78, 5) is 33.7. The highest BCUT2D eigenvalue weighted by atomic mass is 35.5. The Hall–Kier alpha value is -2.48. The van der Waals surface area contributed by atoms with Crippen molar-refractivity contribution in [2.75, 3.05) is 0 Å². The maximum atomic E-state index is 14.0. The first-order valence-corrected chi connectivity index (χ1v) is 8.40. The molecular formula is C17H18ClFN4O3. The molecule has 0 aliphatic carbocycles. The van der Waals surface area contributed by atoms with Crippen molar-refractivity contribution in [1.29, 1.82) is 0 Å². The van der Waals surface area contributed by atoms with E-state index in [-0.39, 0.29) is 17.1 Å². The van der Waals surface area contributed by atoms with Gasteiger partial charge < -0.3 is 9.30 Å². The summed E-state index contributed by atoms with van der Waals surface area (Å²) in [6, 6.07) is -0.389. The monoisotopic (exact) mass is 380 g/mol. The third kappa shape index (κ3) is 3.41. The highest BCUT2D eigenvalue weighted by Crippen LogP contribution is 2.27. The van der Waals surface area contributed by atoms with Crippen LogP contribution in [0.5, 0.6) is 0 Å². The Morgan fingerprint density at radius 3 is 2.73 bits per heavy atom. The molecule has 2 aromatic heterocycles. The summed E-state index contributed by atoms with van der Waals surface area (Å²) in [5.41, 5.74) is 0.268. The van der Waals surface area contributed by atoms with Crippen LogP contribution in [-0.4, -0.2) is 43.1 Å². The lowest BCUT2D eigenvalue weighted by atomic mass is 9.99. The predicted molar refractivity (Wildman–Crippen MR) is 91.9 cm³/mol. The molecule has 0 N–H and O–H groups in total. The van der Waals surface area contributed by atoms with E-state index in [2.05, 4.69) is 9.97 Å². The second-order valence-corrected chi connectivity index (χ2v) is 7.46. The van der Waals surface area contributed by atoms with E-state index in [0.717, 1.165) is 11.1 Å². The summed E-state index contributed by atoms with van der Waals surface area (Å²) in [5.74, 6) is -1.23. The predicted octanol–water partition coefficient (Wildman–Crippen LogP) is 3.38. The number of aromatic nitrogens is 3. The molecule has 1 atom stereocenters. The van der Waals surface area contributed by atoms with E-state index >= 15 is 0 Å². The van der Waals surface area contributed by atoms with E-state index in [1.165, 1.54) is 10.8 Å². The second kappa shape index (κ2) is 6.35. The standard InChI is InChI=1S/C17H18ClFN4O3/c1-9-5-10-7-22(13-12(19)6-20-15(18)21-13)8-11(10)14(24)23(9)16(25)26-17(2,3)4/h6-9H,5H2,1-4H3. The van der Waals surface area contributed by atoms with Gasteiger partial charge in [0.05, 0.1) is 11.8 Å². The van der Waals surface area contributed by atoms with Crippen molar-refractivity contribution in [2.45, 2.75) is 45.8 Å². The van der Waals surface area contributed by atoms with Crippen molar-refractivity contribution in [3.05, 3.63) is 40.8 Å². The highest BCUT2D eigenvalue weighted by molar-refractivity contribution is 6.28. The van der Waals surface area contributed by atoms with Gasteiger partial charge in [-0.25, -0.2) is 19.1 Å². The average molecular weight is 381 g/mol. The van der Waals surface area contributed by atoms with Crippen molar-refractivity contribution < 1.29 is 18.7 Å². The summed E-state index contributed by atoms with van der Waals surface area (Å²) in [6.45, 7) is 6.94. The lowest BCUT2D eigenvalue weighted by Gasteiger charge is -2.33. The number of rotatable bonds is 1. The van der Waals surface area contributed by atoms with Crippen molar-refractivity contribution in [3.8, 4) is 5.82 Å². The van der Waals surface area contributed by atoms with Crippen LogP contribution in [0.25, 0.3) is 5.82 Å². The molecular weight excluding hydrogens is 363 g/mol. The first-order chi connectivity index (χ1) is 12.1. The molecule has 0 spiro atoms. The molecule has 0 saturated heterocycles. The molecule has 1 aliphatic heterocycles. The molecule has 3 rings (SSSR count). The smallest absolute Gasteiger partial charge is 0.417 e. The number of carbonyl (C=O) groups excluding carboxylic acids is 2. The van der Waals surface area contributed by atoms with Gasteiger partial charge in [-0.15, -0.1) is 0 Å². The van der Waals surface area contributed by atoms with E-state index in [4.69, 9.17) is 16.3 Å². The number of hydrogen-bond donors (Lipinski definition) is 0. The minimum atomic E-state index is -0.718. The Morgan fingerprint density at radius 2 is 2.08 bits per heavy atom. The number of carbonyl (C=O) groups is 2. The summed E-state index contributed by atoms with van der Waals surface area (Å²) >= 11 is 5.73. The number of halogens is 2. The van der Waals surface area contributed by atoms with E-state index in [1.807, 2.05) is 0 Å². The zero-order valence-electron chi connectivity index (χ0n) is 14.8. The van der Waals surface area contributed by atoms with Crippen LogP contribution >= 0.6 is 11.6 Å². The minimum absolute atomic E-state index is 0.0660. The van der Waals surface area contributed by atoms with Gasteiger partial charge in [-0.05, 0) is 51.3 Å². The fourth-order valence-corrected chi connectivity index (χ4v) is 2.93. The minimum Gasteiger partial charge on any atom is -0.443 e. The van der Waals surface area contributed by atoms with Gasteiger partial charge in [0.2, 0.25) is 5.28 Å². The first kappa shape index (κ1) is 18.3. The van der Waals surface area contributed by atoms with Gasteiger partial charge in [0, 0.05) is 18.4 Å². The van der Waals surface area contributed by atoms with Crippen molar-refractivity contribution in [3.63, 3.8) is 0 Å². The molecule has 2 aromatic rings. The SMILES string of the molecule is CC1Cc2cn(-c3nc(Cl)ncc3F)cc2C(=O)N1C(=O)OC(C)(C)C. The lowest BCUT2D eigenvalue weighted by molar-refractivity contribution is 0.0165. The number of amides is 2. The number of ether oxygens (including phenoxy) is 1. The molecule has 0 radical (unpaired) electrons. The summed E-state index contributed by atoms with van der Waals surface area (Å²) in [6.07, 6.45) is 3.72. The Balaban J connectivity index is 1.97. The Morgan fingerprint density at radius 1 is 1.38 bits per heavy atom. The van der Waals surface area contributed by atoms with Crippen molar-refractivity contribution in [1.82, 2.24) is 19.4 Å². The fourth-order valence-electron chi connectivity index (χ4n) is 2.81. The van der Waals surface area contributed by atoms with Crippen LogP contribution in [-0.2, 0) is 11.2 Å². The molecule has 1 unspecified atom stereocenters. The molecule has 0 bridgehead atoms. The van der Waals surface area contributed by atoms with E-state index in [1.54, 1.807) is 33.9 Å². The molecule has 1 aliphatic rings. The van der Waals surface area contributed by atoms with E-state index in [9.17, 15) is 14.0 Å². The Labute approximate surface area is 154 Å². The van der Waals surface area contributed by atoms with Crippen LogP contribution in [0.3, 0.4) is 0 Å². The molecule has 26 heavy (non-hydrogen) atoms. The van der Waals surface area contributed by atoms with Crippen LogP contribution in [0.4, 0.5) is 9.18 Å².